The second-order valence-corrected chi connectivity index (χ2v) is 7.37. The first-order valence-electron chi connectivity index (χ1n) is 10.1. The molecule has 0 atom stereocenters. The van der Waals surface area contributed by atoms with E-state index < -0.39 is 5.82 Å². The van der Waals surface area contributed by atoms with E-state index in [1.807, 2.05) is 26.0 Å². The van der Waals surface area contributed by atoms with Crippen LogP contribution in [0.15, 0.2) is 73.1 Å². The van der Waals surface area contributed by atoms with Gasteiger partial charge in [0.25, 0.3) is 0 Å². The minimum Gasteiger partial charge on any atom is -0.453 e. The van der Waals surface area contributed by atoms with E-state index in [0.29, 0.717) is 23.5 Å². The van der Waals surface area contributed by atoms with Crippen LogP contribution >= 0.6 is 0 Å². The van der Waals surface area contributed by atoms with Gasteiger partial charge in [-0.25, -0.2) is 4.39 Å². The van der Waals surface area contributed by atoms with Crippen molar-refractivity contribution in [2.24, 2.45) is 5.92 Å². The highest BCUT2D eigenvalue weighted by atomic mass is 19.1. The Labute approximate surface area is 186 Å². The van der Waals surface area contributed by atoms with Crippen molar-refractivity contribution in [3.05, 3.63) is 90.0 Å². The number of hydrogen-bond donors (Lipinski definition) is 2. The third-order valence-electron chi connectivity index (χ3n) is 4.46. The summed E-state index contributed by atoms with van der Waals surface area (Å²) in [5.41, 5.74) is 2.12. The summed E-state index contributed by atoms with van der Waals surface area (Å²) in [6, 6.07) is 15.1. The molecule has 3 aromatic rings. The van der Waals surface area contributed by atoms with Crippen molar-refractivity contribution < 1.29 is 18.7 Å². The SMILES string of the molecule is CC(C)C(=O)Nc1ccc(CNC(=O)/C=C/c2ccc(Oc3cccnc3)c(F)c2)cc1. The van der Waals surface area contributed by atoms with Crippen molar-refractivity contribution in [1.29, 1.82) is 0 Å². The van der Waals surface area contributed by atoms with E-state index in [9.17, 15) is 14.0 Å². The summed E-state index contributed by atoms with van der Waals surface area (Å²) in [7, 11) is 0. The number of ether oxygens (including phenoxy) is 1. The van der Waals surface area contributed by atoms with E-state index in [-0.39, 0.29) is 23.5 Å². The second kappa shape index (κ2) is 10.9. The van der Waals surface area contributed by atoms with Crippen LogP contribution in [0.25, 0.3) is 6.08 Å². The first kappa shape index (κ1) is 22.7. The monoisotopic (exact) mass is 433 g/mol. The molecule has 2 N–H and O–H groups in total. The van der Waals surface area contributed by atoms with Gasteiger partial charge in [0.15, 0.2) is 11.6 Å². The average Bonchev–Trinajstić information content (AvgIpc) is 2.79. The standard InChI is InChI=1S/C25H24FN3O3/c1-17(2)25(31)29-20-9-5-19(6-10-20)15-28-24(30)12-8-18-7-11-23(22(26)14-18)32-21-4-3-13-27-16-21/h3-14,16-17H,15H2,1-2H3,(H,28,30)(H,29,31)/b12-8+. The zero-order valence-corrected chi connectivity index (χ0v) is 17.8. The highest BCUT2D eigenvalue weighted by Gasteiger charge is 2.07. The van der Waals surface area contributed by atoms with Crippen LogP contribution in [0.2, 0.25) is 0 Å². The molecule has 32 heavy (non-hydrogen) atoms. The highest BCUT2D eigenvalue weighted by molar-refractivity contribution is 5.92. The molecule has 0 aliphatic carbocycles. The molecule has 3 rings (SSSR count). The van der Waals surface area contributed by atoms with Crippen molar-refractivity contribution in [3.63, 3.8) is 0 Å². The average molecular weight is 433 g/mol. The van der Waals surface area contributed by atoms with Crippen LogP contribution in [0.5, 0.6) is 11.5 Å². The first-order valence-corrected chi connectivity index (χ1v) is 10.1. The molecule has 0 saturated carbocycles. The Morgan fingerprint density at radius 2 is 1.91 bits per heavy atom. The normalized spacial score (nSPS) is 10.9. The molecule has 6 nitrogen and oxygen atoms in total. The third kappa shape index (κ3) is 6.77. The Morgan fingerprint density at radius 3 is 2.56 bits per heavy atom. The number of rotatable bonds is 8. The maximum absolute atomic E-state index is 14.3. The summed E-state index contributed by atoms with van der Waals surface area (Å²) in [5, 5.41) is 5.58. The molecule has 164 valence electrons. The number of carbonyl (C=O) groups is 2. The van der Waals surface area contributed by atoms with E-state index in [1.165, 1.54) is 30.5 Å². The van der Waals surface area contributed by atoms with Crippen LogP contribution in [0.3, 0.4) is 0 Å². The zero-order chi connectivity index (χ0) is 22.9. The molecular weight excluding hydrogens is 409 g/mol. The molecule has 0 radical (unpaired) electrons. The number of pyridine rings is 1. The van der Waals surface area contributed by atoms with Gasteiger partial charge in [0, 0.05) is 30.4 Å². The number of hydrogen-bond acceptors (Lipinski definition) is 4. The fourth-order valence-corrected chi connectivity index (χ4v) is 2.65. The summed E-state index contributed by atoms with van der Waals surface area (Å²) in [6.45, 7) is 3.98. The van der Waals surface area contributed by atoms with E-state index in [2.05, 4.69) is 15.6 Å². The van der Waals surface area contributed by atoms with Gasteiger partial charge in [-0.05, 0) is 53.6 Å². The fraction of sp³-hybridized carbons (Fsp3) is 0.160. The number of aromatic nitrogens is 1. The molecule has 0 aliphatic rings. The molecule has 1 aromatic heterocycles. The molecular formula is C25H24FN3O3. The van der Waals surface area contributed by atoms with E-state index in [1.54, 1.807) is 36.5 Å². The largest absolute Gasteiger partial charge is 0.453 e. The summed E-state index contributed by atoms with van der Waals surface area (Å²) >= 11 is 0. The number of amides is 2. The van der Waals surface area contributed by atoms with Crippen molar-refractivity contribution in [2.75, 3.05) is 5.32 Å². The molecule has 1 heterocycles. The van der Waals surface area contributed by atoms with Crippen molar-refractivity contribution >= 4 is 23.6 Å². The van der Waals surface area contributed by atoms with Crippen LogP contribution in [-0.2, 0) is 16.1 Å². The number of carbonyl (C=O) groups excluding carboxylic acids is 2. The molecule has 2 aromatic carbocycles. The third-order valence-corrected chi connectivity index (χ3v) is 4.46. The Bertz CT molecular complexity index is 1100. The summed E-state index contributed by atoms with van der Waals surface area (Å²) < 4.78 is 19.7. The zero-order valence-electron chi connectivity index (χ0n) is 17.8. The summed E-state index contributed by atoms with van der Waals surface area (Å²) in [4.78, 5) is 27.7. The first-order chi connectivity index (χ1) is 15.4. The van der Waals surface area contributed by atoms with Crippen LogP contribution in [0.4, 0.5) is 10.1 Å². The lowest BCUT2D eigenvalue weighted by Gasteiger charge is -2.09. The van der Waals surface area contributed by atoms with E-state index >= 15 is 0 Å². The number of nitrogens with zero attached hydrogens (tertiary/aromatic N) is 1. The van der Waals surface area contributed by atoms with Crippen LogP contribution in [0, 0.1) is 11.7 Å². The molecule has 0 saturated heterocycles. The fourth-order valence-electron chi connectivity index (χ4n) is 2.65. The van der Waals surface area contributed by atoms with Gasteiger partial charge < -0.3 is 15.4 Å². The number of benzene rings is 2. The smallest absolute Gasteiger partial charge is 0.244 e. The lowest BCUT2D eigenvalue weighted by atomic mass is 10.1. The van der Waals surface area contributed by atoms with Crippen molar-refractivity contribution in [3.8, 4) is 11.5 Å². The number of nitrogens with one attached hydrogen (secondary N) is 2. The van der Waals surface area contributed by atoms with Crippen molar-refractivity contribution in [1.82, 2.24) is 10.3 Å². The van der Waals surface area contributed by atoms with Crippen LogP contribution in [0.1, 0.15) is 25.0 Å². The van der Waals surface area contributed by atoms with Gasteiger partial charge in [0.05, 0.1) is 6.20 Å². The molecule has 0 bridgehead atoms. The van der Waals surface area contributed by atoms with Gasteiger partial charge >= 0.3 is 0 Å². The van der Waals surface area contributed by atoms with E-state index in [0.717, 1.165) is 5.56 Å². The Hall–Kier alpha value is -4.00. The summed E-state index contributed by atoms with van der Waals surface area (Å²) in [5.74, 6) is -0.486. The lowest BCUT2D eigenvalue weighted by molar-refractivity contribution is -0.119. The maximum Gasteiger partial charge on any atom is 0.244 e. The molecule has 0 fully saturated rings. The Balaban J connectivity index is 1.51. The van der Waals surface area contributed by atoms with E-state index in [4.69, 9.17) is 4.74 Å². The number of anilines is 1. The number of halogens is 1. The predicted molar refractivity (Wildman–Crippen MR) is 122 cm³/mol. The Kier molecular flexibility index (Phi) is 7.70. The minimum atomic E-state index is -0.541. The van der Waals surface area contributed by atoms with Crippen LogP contribution < -0.4 is 15.4 Å². The molecule has 0 spiro atoms. The minimum absolute atomic E-state index is 0.0516. The Morgan fingerprint density at radius 1 is 1.12 bits per heavy atom. The van der Waals surface area contributed by atoms with Gasteiger partial charge in [-0.1, -0.05) is 32.0 Å². The van der Waals surface area contributed by atoms with Gasteiger partial charge in [0.2, 0.25) is 11.8 Å². The molecule has 0 unspecified atom stereocenters. The lowest BCUT2D eigenvalue weighted by Crippen LogP contribution is -2.20. The van der Waals surface area contributed by atoms with Gasteiger partial charge in [-0.3, -0.25) is 14.6 Å². The predicted octanol–water partition coefficient (Wildman–Crippen LogP) is 4.94. The molecule has 7 heteroatoms. The van der Waals surface area contributed by atoms with Crippen molar-refractivity contribution in [2.45, 2.75) is 20.4 Å². The molecule has 0 aliphatic heterocycles. The maximum atomic E-state index is 14.3. The van der Waals surface area contributed by atoms with Gasteiger partial charge in [-0.2, -0.15) is 0 Å². The van der Waals surface area contributed by atoms with Crippen LogP contribution in [-0.4, -0.2) is 16.8 Å². The summed E-state index contributed by atoms with van der Waals surface area (Å²) in [6.07, 6.45) is 5.96. The quantitative estimate of drug-likeness (QED) is 0.493. The van der Waals surface area contributed by atoms with Gasteiger partial charge in [-0.15, -0.1) is 0 Å². The second-order valence-electron chi connectivity index (χ2n) is 7.37. The topological polar surface area (TPSA) is 80.3 Å². The molecule has 2 amide bonds. The highest BCUT2D eigenvalue weighted by Crippen LogP contribution is 2.24. The van der Waals surface area contributed by atoms with Gasteiger partial charge in [0.1, 0.15) is 5.75 Å².